The van der Waals surface area contributed by atoms with Crippen LogP contribution in [0.2, 0.25) is 0 Å². The molecule has 4 aromatic rings. The lowest BCUT2D eigenvalue weighted by Crippen LogP contribution is -2.12. The molecule has 1 N–H and O–H groups in total. The lowest BCUT2D eigenvalue weighted by molar-refractivity contribution is 0.442. The van der Waals surface area contributed by atoms with Crippen molar-refractivity contribution in [1.82, 2.24) is 14.8 Å². The molecule has 0 saturated carbocycles. The molecule has 0 fully saturated rings. The van der Waals surface area contributed by atoms with E-state index < -0.39 is 0 Å². The minimum atomic E-state index is -0.0725. The number of para-hydroxylation sites is 1. The molecule has 0 amide bonds. The third-order valence-corrected chi connectivity index (χ3v) is 5.01. The highest BCUT2D eigenvalue weighted by Gasteiger charge is 2.20. The highest BCUT2D eigenvalue weighted by Crippen LogP contribution is 2.36. The highest BCUT2D eigenvalue weighted by atomic mass is 16.5. The van der Waals surface area contributed by atoms with E-state index in [1.54, 1.807) is 16.9 Å². The minimum absolute atomic E-state index is 0.0725. The van der Waals surface area contributed by atoms with E-state index in [-0.39, 0.29) is 5.41 Å². The number of rotatable bonds is 6. The quantitative estimate of drug-likeness (QED) is 0.410. The predicted molar refractivity (Wildman–Crippen MR) is 125 cm³/mol. The SMILES string of the molecule is CC(C)(C)c1ccccc1Oc1ncccc1Nc1cc(C#N)n(Cc2ccccc2)n1. The predicted octanol–water partition coefficient (Wildman–Crippen LogP) is 6.03. The number of hydrogen-bond acceptors (Lipinski definition) is 5. The van der Waals surface area contributed by atoms with Gasteiger partial charge in [0.15, 0.2) is 5.82 Å². The molecular formula is C26H25N5O. The van der Waals surface area contributed by atoms with E-state index in [1.807, 2.05) is 60.7 Å². The van der Waals surface area contributed by atoms with Crippen LogP contribution in [-0.4, -0.2) is 14.8 Å². The Morgan fingerprint density at radius 1 is 1.00 bits per heavy atom. The van der Waals surface area contributed by atoms with Crippen LogP contribution in [0.4, 0.5) is 11.5 Å². The van der Waals surface area contributed by atoms with Crippen molar-refractivity contribution in [3.8, 4) is 17.7 Å². The molecule has 0 bridgehead atoms. The zero-order chi connectivity index (χ0) is 22.6. The van der Waals surface area contributed by atoms with Gasteiger partial charge in [0.2, 0.25) is 5.88 Å². The molecule has 0 spiro atoms. The number of nitrogens with zero attached hydrogens (tertiary/aromatic N) is 4. The zero-order valence-electron chi connectivity index (χ0n) is 18.4. The Morgan fingerprint density at radius 3 is 2.50 bits per heavy atom. The van der Waals surface area contributed by atoms with Crippen LogP contribution in [0.15, 0.2) is 79.0 Å². The van der Waals surface area contributed by atoms with Crippen molar-refractivity contribution in [3.05, 3.63) is 95.8 Å². The standard InChI is InChI=1S/C26H25N5O/c1-26(2,3)21-12-7-8-14-23(21)32-25-22(13-9-15-28-25)29-24-16-20(17-27)31(30-24)18-19-10-5-4-6-11-19/h4-16H,18H2,1-3H3,(H,29,30). The molecule has 160 valence electrons. The topological polar surface area (TPSA) is 75.8 Å². The van der Waals surface area contributed by atoms with Crippen molar-refractivity contribution >= 4 is 11.5 Å². The number of nitrogens with one attached hydrogen (secondary N) is 1. The number of aromatic nitrogens is 3. The molecule has 0 aliphatic rings. The number of anilines is 2. The fraction of sp³-hybridized carbons (Fsp3) is 0.192. The highest BCUT2D eigenvalue weighted by molar-refractivity contribution is 5.63. The summed E-state index contributed by atoms with van der Waals surface area (Å²) >= 11 is 0. The molecule has 0 unspecified atom stereocenters. The number of benzene rings is 2. The monoisotopic (exact) mass is 423 g/mol. The Bertz CT molecular complexity index is 1250. The number of pyridine rings is 1. The van der Waals surface area contributed by atoms with Gasteiger partial charge < -0.3 is 10.1 Å². The Balaban J connectivity index is 1.61. The first-order valence-corrected chi connectivity index (χ1v) is 10.5. The van der Waals surface area contributed by atoms with Crippen LogP contribution in [0.25, 0.3) is 0 Å². The molecule has 0 aliphatic carbocycles. The molecule has 2 aromatic carbocycles. The van der Waals surface area contributed by atoms with Gasteiger partial charge in [0.1, 0.15) is 23.2 Å². The van der Waals surface area contributed by atoms with Crippen LogP contribution < -0.4 is 10.1 Å². The summed E-state index contributed by atoms with van der Waals surface area (Å²) in [7, 11) is 0. The molecule has 0 saturated heterocycles. The molecule has 6 nitrogen and oxygen atoms in total. The van der Waals surface area contributed by atoms with Gasteiger partial charge >= 0.3 is 0 Å². The van der Waals surface area contributed by atoms with Crippen LogP contribution in [0.1, 0.15) is 37.6 Å². The van der Waals surface area contributed by atoms with Crippen molar-refractivity contribution in [2.24, 2.45) is 0 Å². The van der Waals surface area contributed by atoms with Crippen LogP contribution in [0, 0.1) is 11.3 Å². The van der Waals surface area contributed by atoms with Crippen molar-refractivity contribution in [3.63, 3.8) is 0 Å². The molecule has 4 rings (SSSR count). The zero-order valence-corrected chi connectivity index (χ0v) is 18.4. The van der Waals surface area contributed by atoms with E-state index in [2.05, 4.69) is 48.3 Å². The summed E-state index contributed by atoms with van der Waals surface area (Å²) in [6.45, 7) is 6.96. The smallest absolute Gasteiger partial charge is 0.243 e. The molecule has 32 heavy (non-hydrogen) atoms. The van der Waals surface area contributed by atoms with Crippen molar-refractivity contribution in [1.29, 1.82) is 5.26 Å². The molecule has 2 aromatic heterocycles. The van der Waals surface area contributed by atoms with Gasteiger partial charge in [0.25, 0.3) is 0 Å². The molecule has 0 radical (unpaired) electrons. The van der Waals surface area contributed by atoms with Gasteiger partial charge in [0.05, 0.1) is 6.54 Å². The van der Waals surface area contributed by atoms with Gasteiger partial charge in [-0.15, -0.1) is 0 Å². The van der Waals surface area contributed by atoms with Gasteiger partial charge in [-0.3, -0.25) is 0 Å². The summed E-state index contributed by atoms with van der Waals surface area (Å²) in [6, 6.07) is 25.5. The second-order valence-electron chi connectivity index (χ2n) is 8.50. The molecule has 6 heteroatoms. The Kier molecular flexibility index (Phi) is 5.91. The third-order valence-electron chi connectivity index (χ3n) is 5.01. The Hall–Kier alpha value is -4.11. The van der Waals surface area contributed by atoms with Gasteiger partial charge in [-0.2, -0.15) is 10.4 Å². The Morgan fingerprint density at radius 2 is 1.75 bits per heavy atom. The fourth-order valence-corrected chi connectivity index (χ4v) is 3.43. The van der Waals surface area contributed by atoms with E-state index in [0.717, 1.165) is 16.9 Å². The van der Waals surface area contributed by atoms with Crippen LogP contribution in [0.5, 0.6) is 11.6 Å². The summed E-state index contributed by atoms with van der Waals surface area (Å²) in [6.07, 6.45) is 1.69. The first kappa shape index (κ1) is 21.1. The van der Waals surface area contributed by atoms with Crippen LogP contribution >= 0.6 is 0 Å². The van der Waals surface area contributed by atoms with Crippen molar-refractivity contribution in [2.75, 3.05) is 5.32 Å². The van der Waals surface area contributed by atoms with Gasteiger partial charge in [0, 0.05) is 17.8 Å². The summed E-state index contributed by atoms with van der Waals surface area (Å²) in [5, 5.41) is 17.4. The van der Waals surface area contributed by atoms with Gasteiger partial charge in [-0.25, -0.2) is 9.67 Å². The molecule has 0 aliphatic heterocycles. The van der Waals surface area contributed by atoms with Gasteiger partial charge in [-0.05, 0) is 29.2 Å². The van der Waals surface area contributed by atoms with E-state index >= 15 is 0 Å². The van der Waals surface area contributed by atoms with Crippen LogP contribution in [-0.2, 0) is 12.0 Å². The second kappa shape index (κ2) is 8.94. The number of hydrogen-bond donors (Lipinski definition) is 1. The number of ether oxygens (including phenoxy) is 1. The Labute approximate surface area is 188 Å². The fourth-order valence-electron chi connectivity index (χ4n) is 3.43. The molecular weight excluding hydrogens is 398 g/mol. The summed E-state index contributed by atoms with van der Waals surface area (Å²) in [4.78, 5) is 4.43. The first-order valence-electron chi connectivity index (χ1n) is 10.5. The average molecular weight is 424 g/mol. The van der Waals surface area contributed by atoms with E-state index in [0.29, 0.717) is 29.6 Å². The summed E-state index contributed by atoms with van der Waals surface area (Å²) in [5.41, 5.74) is 3.24. The lowest BCUT2D eigenvalue weighted by atomic mass is 9.86. The van der Waals surface area contributed by atoms with E-state index in [9.17, 15) is 5.26 Å². The summed E-state index contributed by atoms with van der Waals surface area (Å²) in [5.74, 6) is 1.76. The first-order chi connectivity index (χ1) is 15.4. The maximum atomic E-state index is 9.56. The largest absolute Gasteiger partial charge is 0.437 e. The maximum Gasteiger partial charge on any atom is 0.243 e. The minimum Gasteiger partial charge on any atom is -0.437 e. The van der Waals surface area contributed by atoms with Gasteiger partial charge in [-0.1, -0.05) is 69.3 Å². The molecule has 2 heterocycles. The molecule has 0 atom stereocenters. The van der Waals surface area contributed by atoms with E-state index in [4.69, 9.17) is 4.74 Å². The third kappa shape index (κ3) is 4.79. The normalized spacial score (nSPS) is 11.1. The van der Waals surface area contributed by atoms with Crippen molar-refractivity contribution in [2.45, 2.75) is 32.7 Å². The number of nitriles is 1. The average Bonchev–Trinajstić information content (AvgIpc) is 3.16. The second-order valence-corrected chi connectivity index (χ2v) is 8.50. The summed E-state index contributed by atoms with van der Waals surface area (Å²) < 4.78 is 7.91. The van der Waals surface area contributed by atoms with Crippen LogP contribution in [0.3, 0.4) is 0 Å². The lowest BCUT2D eigenvalue weighted by Gasteiger charge is -2.22. The van der Waals surface area contributed by atoms with E-state index in [1.165, 1.54) is 0 Å². The maximum absolute atomic E-state index is 9.56. The van der Waals surface area contributed by atoms with Crippen molar-refractivity contribution < 1.29 is 4.74 Å².